The molecule has 0 aliphatic rings. The summed E-state index contributed by atoms with van der Waals surface area (Å²) in [6.45, 7) is 8.17. The normalized spacial score (nSPS) is 11.6. The molecule has 0 unspecified atom stereocenters. The van der Waals surface area contributed by atoms with Crippen molar-refractivity contribution in [1.82, 2.24) is 0 Å². The smallest absolute Gasteiger partial charge is 0.455 e. The van der Waals surface area contributed by atoms with E-state index in [0.29, 0.717) is 22.9 Å². The highest BCUT2D eigenvalue weighted by Gasteiger charge is 2.31. The number of rotatable bonds is 5. The topological polar surface area (TPSA) is 59.6 Å². The van der Waals surface area contributed by atoms with Crippen LogP contribution < -0.4 is 20.1 Å². The van der Waals surface area contributed by atoms with Crippen LogP contribution in [0.2, 0.25) is 0 Å². The average Bonchev–Trinajstić information content (AvgIpc) is 2.70. The van der Waals surface area contributed by atoms with Gasteiger partial charge in [0.25, 0.3) is 0 Å². The Morgan fingerprint density at radius 2 is 1.52 bits per heavy atom. The zero-order valence-electron chi connectivity index (χ0n) is 18.7. The van der Waals surface area contributed by atoms with E-state index in [4.69, 9.17) is 4.74 Å². The van der Waals surface area contributed by atoms with Gasteiger partial charge in [0.2, 0.25) is 0 Å². The predicted molar refractivity (Wildman–Crippen MR) is 122 cm³/mol. The van der Waals surface area contributed by atoms with Crippen molar-refractivity contribution in [2.75, 3.05) is 10.6 Å². The van der Waals surface area contributed by atoms with Crippen LogP contribution in [-0.2, 0) is 5.41 Å². The van der Waals surface area contributed by atoms with E-state index in [2.05, 4.69) is 36.1 Å². The summed E-state index contributed by atoms with van der Waals surface area (Å²) in [5, 5.41) is 5.31. The number of halogens is 3. The third-order valence-corrected chi connectivity index (χ3v) is 4.65. The van der Waals surface area contributed by atoms with E-state index in [1.54, 1.807) is 6.07 Å². The standard InChI is InChI=1S/C25H25F3N2O3/c1-16-9-14-20(22(15-16)32-21-8-6-5-7-19(21)24(2,3)4)30-23(31)29-17-10-12-18(13-11-17)33-25(26,27)28/h5-15H,1-4H3,(H2,29,30,31). The summed E-state index contributed by atoms with van der Waals surface area (Å²) in [5.41, 5.74) is 2.56. The summed E-state index contributed by atoms with van der Waals surface area (Å²) in [4.78, 5) is 12.5. The zero-order chi connectivity index (χ0) is 24.2. The number of nitrogens with one attached hydrogen (secondary N) is 2. The number of ether oxygens (including phenoxy) is 2. The molecule has 0 spiro atoms. The molecule has 0 aromatic heterocycles. The quantitative estimate of drug-likeness (QED) is 0.413. The second-order valence-electron chi connectivity index (χ2n) is 8.50. The molecule has 33 heavy (non-hydrogen) atoms. The van der Waals surface area contributed by atoms with Crippen molar-refractivity contribution >= 4 is 17.4 Å². The number of aryl methyl sites for hydroxylation is 1. The first-order valence-corrected chi connectivity index (χ1v) is 10.2. The number of benzene rings is 3. The Kier molecular flexibility index (Phi) is 6.86. The van der Waals surface area contributed by atoms with Gasteiger partial charge in [-0.2, -0.15) is 0 Å². The Morgan fingerprint density at radius 3 is 2.15 bits per heavy atom. The number of anilines is 2. The van der Waals surface area contributed by atoms with E-state index in [1.807, 2.05) is 43.3 Å². The molecule has 5 nitrogen and oxygen atoms in total. The minimum atomic E-state index is -4.78. The van der Waals surface area contributed by atoms with Gasteiger partial charge in [-0.1, -0.05) is 45.0 Å². The fraction of sp³-hybridized carbons (Fsp3) is 0.240. The van der Waals surface area contributed by atoms with Gasteiger partial charge in [-0.05, 0) is 60.4 Å². The third-order valence-electron chi connectivity index (χ3n) is 4.65. The van der Waals surface area contributed by atoms with Crippen LogP contribution >= 0.6 is 0 Å². The molecule has 0 aliphatic carbocycles. The Labute approximate surface area is 190 Å². The van der Waals surface area contributed by atoms with Gasteiger partial charge in [-0.25, -0.2) is 4.79 Å². The van der Waals surface area contributed by atoms with Crippen LogP contribution in [0.3, 0.4) is 0 Å². The molecule has 8 heteroatoms. The summed E-state index contributed by atoms with van der Waals surface area (Å²) >= 11 is 0. The molecule has 3 rings (SSSR count). The largest absolute Gasteiger partial charge is 0.573 e. The first-order chi connectivity index (χ1) is 15.4. The monoisotopic (exact) mass is 458 g/mol. The highest BCUT2D eigenvalue weighted by atomic mass is 19.4. The van der Waals surface area contributed by atoms with Crippen molar-refractivity contribution in [2.45, 2.75) is 39.5 Å². The van der Waals surface area contributed by atoms with Crippen LogP contribution in [0.25, 0.3) is 0 Å². The Morgan fingerprint density at radius 1 is 0.848 bits per heavy atom. The summed E-state index contributed by atoms with van der Waals surface area (Å²) in [7, 11) is 0. The van der Waals surface area contributed by atoms with Gasteiger partial charge in [0, 0.05) is 11.3 Å². The van der Waals surface area contributed by atoms with E-state index in [1.165, 1.54) is 12.1 Å². The lowest BCUT2D eigenvalue weighted by Crippen LogP contribution is -2.20. The van der Waals surface area contributed by atoms with Crippen molar-refractivity contribution in [3.8, 4) is 17.2 Å². The van der Waals surface area contributed by atoms with E-state index in [-0.39, 0.29) is 11.2 Å². The Balaban J connectivity index is 1.75. The number of hydrogen-bond donors (Lipinski definition) is 2. The maximum absolute atomic E-state index is 12.5. The molecule has 0 fully saturated rings. The molecular formula is C25H25F3N2O3. The third kappa shape index (κ3) is 6.90. The fourth-order valence-corrected chi connectivity index (χ4v) is 3.14. The van der Waals surface area contributed by atoms with Gasteiger partial charge < -0.3 is 20.1 Å². The van der Waals surface area contributed by atoms with Gasteiger partial charge in [-0.15, -0.1) is 13.2 Å². The molecule has 0 radical (unpaired) electrons. The van der Waals surface area contributed by atoms with Crippen LogP contribution in [0.4, 0.5) is 29.3 Å². The van der Waals surface area contributed by atoms with E-state index >= 15 is 0 Å². The first kappa shape index (κ1) is 24.0. The van der Waals surface area contributed by atoms with Gasteiger partial charge in [0.05, 0.1) is 5.69 Å². The number of hydrogen-bond acceptors (Lipinski definition) is 3. The minimum Gasteiger partial charge on any atom is -0.455 e. The lowest BCUT2D eigenvalue weighted by molar-refractivity contribution is -0.274. The fourth-order valence-electron chi connectivity index (χ4n) is 3.14. The molecule has 0 atom stereocenters. The number of alkyl halides is 3. The zero-order valence-corrected chi connectivity index (χ0v) is 18.7. The Hall–Kier alpha value is -3.68. The highest BCUT2D eigenvalue weighted by Crippen LogP contribution is 2.37. The summed E-state index contributed by atoms with van der Waals surface area (Å²) in [6.07, 6.45) is -4.78. The second kappa shape index (κ2) is 9.44. The van der Waals surface area contributed by atoms with Crippen LogP contribution in [0.5, 0.6) is 17.2 Å². The van der Waals surface area contributed by atoms with Crippen molar-refractivity contribution in [2.24, 2.45) is 0 Å². The first-order valence-electron chi connectivity index (χ1n) is 10.2. The molecule has 0 aliphatic heterocycles. The number of para-hydroxylation sites is 1. The lowest BCUT2D eigenvalue weighted by Gasteiger charge is -2.23. The van der Waals surface area contributed by atoms with Crippen LogP contribution in [0.15, 0.2) is 66.7 Å². The minimum absolute atomic E-state index is 0.145. The molecule has 3 aromatic rings. The summed E-state index contributed by atoms with van der Waals surface area (Å²) < 4.78 is 46.9. The number of amides is 2. The Bertz CT molecular complexity index is 1120. The molecule has 0 heterocycles. The van der Waals surface area contributed by atoms with Gasteiger partial charge >= 0.3 is 12.4 Å². The predicted octanol–water partition coefficient (Wildman–Crippen LogP) is 7.63. The van der Waals surface area contributed by atoms with Crippen LogP contribution in [0.1, 0.15) is 31.9 Å². The summed E-state index contributed by atoms with van der Waals surface area (Å²) in [6, 6.07) is 17.4. The van der Waals surface area contributed by atoms with Gasteiger partial charge in [0.15, 0.2) is 5.75 Å². The average molecular weight is 458 g/mol. The summed E-state index contributed by atoms with van der Waals surface area (Å²) in [5.74, 6) is 0.773. The second-order valence-corrected chi connectivity index (χ2v) is 8.50. The van der Waals surface area contributed by atoms with Gasteiger partial charge in [0.1, 0.15) is 11.5 Å². The molecule has 2 amide bonds. The van der Waals surface area contributed by atoms with Gasteiger partial charge in [-0.3, -0.25) is 0 Å². The molecule has 0 saturated carbocycles. The maximum atomic E-state index is 12.5. The number of urea groups is 1. The number of carbonyl (C=O) groups excluding carboxylic acids is 1. The van der Waals surface area contributed by atoms with E-state index in [0.717, 1.165) is 23.3 Å². The molecule has 3 aromatic carbocycles. The molecular weight excluding hydrogens is 433 g/mol. The van der Waals surface area contributed by atoms with Crippen molar-refractivity contribution < 1.29 is 27.4 Å². The number of carbonyl (C=O) groups is 1. The van der Waals surface area contributed by atoms with Crippen LogP contribution in [0, 0.1) is 6.92 Å². The molecule has 0 saturated heterocycles. The van der Waals surface area contributed by atoms with Crippen molar-refractivity contribution in [3.05, 3.63) is 77.9 Å². The van der Waals surface area contributed by atoms with Crippen molar-refractivity contribution in [3.63, 3.8) is 0 Å². The molecule has 174 valence electrons. The van der Waals surface area contributed by atoms with Crippen LogP contribution in [-0.4, -0.2) is 12.4 Å². The van der Waals surface area contributed by atoms with Crippen molar-refractivity contribution in [1.29, 1.82) is 0 Å². The molecule has 2 N–H and O–H groups in total. The highest BCUT2D eigenvalue weighted by molar-refractivity contribution is 6.00. The molecule has 0 bridgehead atoms. The maximum Gasteiger partial charge on any atom is 0.573 e. The lowest BCUT2D eigenvalue weighted by atomic mass is 9.86. The van der Waals surface area contributed by atoms with E-state index < -0.39 is 12.4 Å². The van der Waals surface area contributed by atoms with E-state index in [9.17, 15) is 18.0 Å². The SMILES string of the molecule is Cc1ccc(NC(=O)Nc2ccc(OC(F)(F)F)cc2)c(Oc2ccccc2C(C)(C)C)c1.